The first-order valence-electron chi connectivity index (χ1n) is 3.75. The second-order valence-electron chi connectivity index (χ2n) is 3.08. The molecule has 0 amide bonds. The first-order chi connectivity index (χ1) is 4.64. The zero-order valence-corrected chi connectivity index (χ0v) is 6.94. The van der Waals surface area contributed by atoms with Crippen molar-refractivity contribution in [1.29, 1.82) is 0 Å². The maximum atomic E-state index is 5.41. The monoisotopic (exact) mass is 143 g/mol. The van der Waals surface area contributed by atoms with Crippen LogP contribution in [0, 0.1) is 5.92 Å². The Bertz CT molecular complexity index is 99.8. The average molecular weight is 143 g/mol. The molecule has 0 aliphatic carbocycles. The Kier molecular flexibility index (Phi) is 2.32. The van der Waals surface area contributed by atoms with E-state index in [1.165, 1.54) is 5.92 Å². The third-order valence-corrected chi connectivity index (χ3v) is 1.75. The van der Waals surface area contributed by atoms with Gasteiger partial charge < -0.3 is 9.47 Å². The largest absolute Gasteiger partial charge is 0.350 e. The van der Waals surface area contributed by atoms with Crippen molar-refractivity contribution in [2.24, 2.45) is 0 Å². The van der Waals surface area contributed by atoms with Gasteiger partial charge in [-0.15, -0.1) is 0 Å². The van der Waals surface area contributed by atoms with Gasteiger partial charge in [0, 0.05) is 5.92 Å². The molecule has 0 bridgehead atoms. The lowest BCUT2D eigenvalue weighted by Gasteiger charge is -2.34. The van der Waals surface area contributed by atoms with Crippen molar-refractivity contribution in [3.8, 4) is 0 Å². The van der Waals surface area contributed by atoms with Crippen LogP contribution in [0.3, 0.4) is 0 Å². The number of rotatable bonds is 1. The van der Waals surface area contributed by atoms with E-state index in [-0.39, 0.29) is 5.79 Å². The standard InChI is InChI=1S/C8H15O2/c1-4-7-5-9-8(2,3)10-6-7/h4-6H2,1-3H3. The van der Waals surface area contributed by atoms with Gasteiger partial charge in [-0.1, -0.05) is 6.92 Å². The molecule has 10 heavy (non-hydrogen) atoms. The second-order valence-corrected chi connectivity index (χ2v) is 3.08. The molecule has 1 aliphatic heterocycles. The molecule has 0 aromatic heterocycles. The topological polar surface area (TPSA) is 18.5 Å². The van der Waals surface area contributed by atoms with Crippen LogP contribution in [0.5, 0.6) is 0 Å². The van der Waals surface area contributed by atoms with Gasteiger partial charge in [-0.05, 0) is 20.3 Å². The quantitative estimate of drug-likeness (QED) is 0.556. The Morgan fingerprint density at radius 2 is 1.80 bits per heavy atom. The summed E-state index contributed by atoms with van der Waals surface area (Å²) >= 11 is 0. The molecule has 2 heteroatoms. The minimum absolute atomic E-state index is 0.362. The van der Waals surface area contributed by atoms with Gasteiger partial charge in [-0.25, -0.2) is 0 Å². The first-order valence-corrected chi connectivity index (χ1v) is 3.75. The van der Waals surface area contributed by atoms with Gasteiger partial charge >= 0.3 is 0 Å². The molecule has 0 saturated carbocycles. The third-order valence-electron chi connectivity index (χ3n) is 1.75. The minimum atomic E-state index is -0.362. The highest BCUT2D eigenvalue weighted by atomic mass is 16.7. The Morgan fingerprint density at radius 1 is 1.30 bits per heavy atom. The van der Waals surface area contributed by atoms with E-state index >= 15 is 0 Å². The van der Waals surface area contributed by atoms with Crippen LogP contribution in [0.4, 0.5) is 0 Å². The van der Waals surface area contributed by atoms with E-state index in [1.54, 1.807) is 0 Å². The van der Waals surface area contributed by atoms with E-state index in [1.807, 2.05) is 13.8 Å². The second kappa shape index (κ2) is 2.89. The van der Waals surface area contributed by atoms with Crippen LogP contribution in [0.15, 0.2) is 0 Å². The zero-order chi connectivity index (χ0) is 7.61. The molecule has 1 radical (unpaired) electrons. The maximum absolute atomic E-state index is 5.41. The highest BCUT2D eigenvalue weighted by Crippen LogP contribution is 2.22. The molecule has 59 valence electrons. The van der Waals surface area contributed by atoms with Crippen molar-refractivity contribution < 1.29 is 9.47 Å². The summed E-state index contributed by atoms with van der Waals surface area (Å²) in [7, 11) is 0. The van der Waals surface area contributed by atoms with E-state index in [9.17, 15) is 0 Å². The Labute approximate surface area is 62.5 Å². The molecule has 0 aromatic rings. The van der Waals surface area contributed by atoms with E-state index < -0.39 is 0 Å². The van der Waals surface area contributed by atoms with Crippen molar-refractivity contribution in [2.75, 3.05) is 13.2 Å². The highest BCUT2D eigenvalue weighted by molar-refractivity contribution is 4.91. The summed E-state index contributed by atoms with van der Waals surface area (Å²) in [5.41, 5.74) is 0. The zero-order valence-electron chi connectivity index (χ0n) is 6.94. The summed E-state index contributed by atoms with van der Waals surface area (Å²) in [6, 6.07) is 0. The summed E-state index contributed by atoms with van der Waals surface area (Å²) in [5, 5.41) is 0. The lowest BCUT2D eigenvalue weighted by molar-refractivity contribution is -0.235. The van der Waals surface area contributed by atoms with Crippen molar-refractivity contribution in [3.63, 3.8) is 0 Å². The highest BCUT2D eigenvalue weighted by Gasteiger charge is 2.27. The van der Waals surface area contributed by atoms with Gasteiger partial charge in [-0.2, -0.15) is 0 Å². The van der Waals surface area contributed by atoms with Gasteiger partial charge in [0.05, 0.1) is 13.2 Å². The van der Waals surface area contributed by atoms with E-state index in [4.69, 9.17) is 9.47 Å². The molecule has 2 nitrogen and oxygen atoms in total. The fraction of sp³-hybridized carbons (Fsp3) is 0.875. The third kappa shape index (κ3) is 1.96. The van der Waals surface area contributed by atoms with Gasteiger partial charge in [0.25, 0.3) is 0 Å². The normalized spacial score (nSPS) is 26.7. The number of hydrogen-bond donors (Lipinski definition) is 0. The average Bonchev–Trinajstić information content (AvgIpc) is 1.88. The van der Waals surface area contributed by atoms with Crippen LogP contribution in [0.2, 0.25) is 0 Å². The molecule has 0 unspecified atom stereocenters. The summed E-state index contributed by atoms with van der Waals surface area (Å²) in [6.45, 7) is 7.55. The van der Waals surface area contributed by atoms with Crippen molar-refractivity contribution in [3.05, 3.63) is 5.92 Å². The van der Waals surface area contributed by atoms with Crippen molar-refractivity contribution >= 4 is 0 Å². The Morgan fingerprint density at radius 3 is 2.20 bits per heavy atom. The van der Waals surface area contributed by atoms with Crippen LogP contribution < -0.4 is 0 Å². The Balaban J connectivity index is 2.31. The van der Waals surface area contributed by atoms with Gasteiger partial charge in [0.1, 0.15) is 0 Å². The predicted molar refractivity (Wildman–Crippen MR) is 39.5 cm³/mol. The molecule has 0 N–H and O–H groups in total. The fourth-order valence-corrected chi connectivity index (χ4v) is 0.839. The summed E-state index contributed by atoms with van der Waals surface area (Å²) in [5.74, 6) is 0.984. The molecule has 1 heterocycles. The molecule has 0 spiro atoms. The summed E-state index contributed by atoms with van der Waals surface area (Å²) in [6.07, 6.45) is 1.07. The minimum Gasteiger partial charge on any atom is -0.350 e. The Hall–Kier alpha value is -0.0800. The van der Waals surface area contributed by atoms with Gasteiger partial charge in [-0.3, -0.25) is 0 Å². The van der Waals surface area contributed by atoms with E-state index in [2.05, 4.69) is 6.92 Å². The first kappa shape index (κ1) is 8.02. The van der Waals surface area contributed by atoms with Gasteiger partial charge in [0.2, 0.25) is 0 Å². The van der Waals surface area contributed by atoms with E-state index in [0.29, 0.717) is 0 Å². The molecular weight excluding hydrogens is 128 g/mol. The summed E-state index contributed by atoms with van der Waals surface area (Å²) in [4.78, 5) is 0. The molecule has 1 fully saturated rings. The molecule has 1 aliphatic rings. The predicted octanol–water partition coefficient (Wildman–Crippen LogP) is 1.75. The van der Waals surface area contributed by atoms with Crippen molar-refractivity contribution in [1.82, 2.24) is 0 Å². The van der Waals surface area contributed by atoms with Crippen LogP contribution in [-0.2, 0) is 9.47 Å². The number of hydrogen-bond acceptors (Lipinski definition) is 2. The molecule has 0 atom stereocenters. The van der Waals surface area contributed by atoms with Crippen LogP contribution in [0.25, 0.3) is 0 Å². The summed E-state index contributed by atoms with van der Waals surface area (Å²) < 4.78 is 10.8. The smallest absolute Gasteiger partial charge is 0.162 e. The lowest BCUT2D eigenvalue weighted by atomic mass is 10.1. The van der Waals surface area contributed by atoms with Crippen LogP contribution in [0.1, 0.15) is 27.2 Å². The maximum Gasteiger partial charge on any atom is 0.162 e. The molecule has 0 aromatic carbocycles. The molecule has 1 rings (SSSR count). The number of ether oxygens (including phenoxy) is 2. The fourth-order valence-electron chi connectivity index (χ4n) is 0.839. The molecule has 1 saturated heterocycles. The van der Waals surface area contributed by atoms with E-state index in [0.717, 1.165) is 19.6 Å². The van der Waals surface area contributed by atoms with Crippen molar-refractivity contribution in [2.45, 2.75) is 33.0 Å². The lowest BCUT2D eigenvalue weighted by Crippen LogP contribution is -2.38. The van der Waals surface area contributed by atoms with Crippen LogP contribution >= 0.6 is 0 Å². The SMILES string of the molecule is CC[C]1COC(C)(C)OC1. The molecular formula is C8H15O2. The van der Waals surface area contributed by atoms with Crippen LogP contribution in [-0.4, -0.2) is 19.0 Å². The van der Waals surface area contributed by atoms with Gasteiger partial charge in [0.15, 0.2) is 5.79 Å².